The summed E-state index contributed by atoms with van der Waals surface area (Å²) < 4.78 is 28.4. The van der Waals surface area contributed by atoms with Gasteiger partial charge >= 0.3 is 0 Å². The third-order valence-corrected chi connectivity index (χ3v) is 6.18. The van der Waals surface area contributed by atoms with Gasteiger partial charge in [0.25, 0.3) is 0 Å². The lowest BCUT2D eigenvalue weighted by molar-refractivity contribution is 0.341. The van der Waals surface area contributed by atoms with E-state index in [2.05, 4.69) is 66.0 Å². The molecule has 0 saturated carbocycles. The number of hydrogen-bond acceptors (Lipinski definition) is 0. The summed E-state index contributed by atoms with van der Waals surface area (Å²) >= 11 is 0. The zero-order valence-electron chi connectivity index (χ0n) is 20.9. The zero-order valence-corrected chi connectivity index (χ0v) is 20.9. The molecule has 0 heterocycles. The van der Waals surface area contributed by atoms with Gasteiger partial charge in [-0.3, -0.25) is 0 Å². The quantitative estimate of drug-likeness (QED) is 0.305. The number of aryl methyl sites for hydroxylation is 1. The molecule has 0 spiro atoms. The van der Waals surface area contributed by atoms with Crippen molar-refractivity contribution in [2.75, 3.05) is 0 Å². The van der Waals surface area contributed by atoms with Gasteiger partial charge in [0.2, 0.25) is 0 Å². The van der Waals surface area contributed by atoms with Crippen LogP contribution < -0.4 is 0 Å². The van der Waals surface area contributed by atoms with Crippen LogP contribution in [-0.2, 0) is 11.8 Å². The molecule has 0 aromatic heterocycles. The van der Waals surface area contributed by atoms with E-state index >= 15 is 0 Å². The van der Waals surface area contributed by atoms with Crippen LogP contribution in [0.1, 0.15) is 94.9 Å². The Balaban J connectivity index is 0.000000920. The number of benzene rings is 2. The summed E-state index contributed by atoms with van der Waals surface area (Å²) in [5.41, 5.74) is 4.30. The molecule has 0 nitrogen and oxygen atoms in total. The first kappa shape index (κ1) is 27.8. The van der Waals surface area contributed by atoms with Crippen molar-refractivity contribution in [1.82, 2.24) is 0 Å². The second-order valence-electron chi connectivity index (χ2n) is 8.75. The van der Waals surface area contributed by atoms with E-state index in [0.717, 1.165) is 44.1 Å². The van der Waals surface area contributed by atoms with Crippen molar-refractivity contribution in [3.05, 3.63) is 89.5 Å². The Morgan fingerprint density at radius 3 is 1.97 bits per heavy atom. The number of allylic oxidation sites excluding steroid dienone is 2. The van der Waals surface area contributed by atoms with E-state index in [-0.39, 0.29) is 11.0 Å². The molecule has 0 amide bonds. The molecule has 0 unspecified atom stereocenters. The third-order valence-electron chi connectivity index (χ3n) is 6.18. The average Bonchev–Trinajstić information content (AvgIpc) is 2.75. The maximum atomic E-state index is 14.2. The molecule has 0 fully saturated rings. The molecule has 2 aromatic rings. The van der Waals surface area contributed by atoms with Crippen LogP contribution in [0.5, 0.6) is 0 Å². The summed E-state index contributed by atoms with van der Waals surface area (Å²) in [6.07, 6.45) is 10.3. The van der Waals surface area contributed by atoms with E-state index in [1.807, 2.05) is 6.08 Å². The predicted octanol–water partition coefficient (Wildman–Crippen LogP) is 9.75. The summed E-state index contributed by atoms with van der Waals surface area (Å²) in [6, 6.07) is 10.5. The van der Waals surface area contributed by atoms with Gasteiger partial charge in [0.05, 0.1) is 0 Å². The Labute approximate surface area is 195 Å². The highest BCUT2D eigenvalue weighted by Gasteiger charge is 2.31. The fourth-order valence-corrected chi connectivity index (χ4v) is 4.59. The van der Waals surface area contributed by atoms with Crippen molar-refractivity contribution in [2.45, 2.75) is 91.4 Å². The van der Waals surface area contributed by atoms with Crippen molar-refractivity contribution in [3.63, 3.8) is 0 Å². The van der Waals surface area contributed by atoms with Crippen molar-refractivity contribution < 1.29 is 8.78 Å². The highest BCUT2D eigenvalue weighted by Crippen LogP contribution is 2.41. The normalized spacial score (nSPS) is 11.0. The number of rotatable bonds is 11. The van der Waals surface area contributed by atoms with E-state index in [1.54, 1.807) is 0 Å². The van der Waals surface area contributed by atoms with Gasteiger partial charge in [0.1, 0.15) is 11.6 Å². The van der Waals surface area contributed by atoms with Gasteiger partial charge in [-0.15, -0.1) is 6.58 Å². The molecule has 0 N–H and O–H groups in total. The van der Waals surface area contributed by atoms with Crippen LogP contribution in [-0.4, -0.2) is 0 Å². The van der Waals surface area contributed by atoms with Gasteiger partial charge in [0, 0.05) is 5.56 Å². The van der Waals surface area contributed by atoms with Gasteiger partial charge in [-0.25, -0.2) is 8.78 Å². The van der Waals surface area contributed by atoms with Crippen LogP contribution in [0.3, 0.4) is 0 Å². The Morgan fingerprint density at radius 1 is 0.938 bits per heavy atom. The first-order valence-corrected chi connectivity index (χ1v) is 12.1. The van der Waals surface area contributed by atoms with E-state index in [9.17, 15) is 8.78 Å². The van der Waals surface area contributed by atoms with Gasteiger partial charge in [-0.2, -0.15) is 0 Å². The van der Waals surface area contributed by atoms with Crippen LogP contribution in [0.25, 0.3) is 5.57 Å². The maximum absolute atomic E-state index is 14.2. The van der Waals surface area contributed by atoms with Crippen molar-refractivity contribution in [2.24, 2.45) is 0 Å². The van der Waals surface area contributed by atoms with Crippen LogP contribution in [0.15, 0.2) is 55.6 Å². The van der Waals surface area contributed by atoms with Crippen LogP contribution in [0.4, 0.5) is 8.78 Å². The van der Waals surface area contributed by atoms with E-state index in [1.165, 1.54) is 35.7 Å². The third kappa shape index (κ3) is 7.43. The molecule has 2 rings (SSSR count). The molecule has 0 aliphatic heterocycles. The molecule has 0 bridgehead atoms. The monoisotopic (exact) mass is 440 g/mol. The Bertz CT molecular complexity index is 837. The number of halogens is 2. The molecule has 2 heteroatoms. The fraction of sp³-hybridized carbons (Fsp3) is 0.467. The molecular weight excluding hydrogens is 398 g/mol. The minimum Gasteiger partial charge on any atom is -0.206 e. The van der Waals surface area contributed by atoms with E-state index in [0.29, 0.717) is 12.0 Å². The predicted molar refractivity (Wildman–Crippen MR) is 137 cm³/mol. The molecule has 176 valence electrons. The van der Waals surface area contributed by atoms with Crippen molar-refractivity contribution in [3.8, 4) is 0 Å². The second-order valence-corrected chi connectivity index (χ2v) is 8.75. The molecule has 0 aliphatic rings. The molecule has 2 aromatic carbocycles. The highest BCUT2D eigenvalue weighted by molar-refractivity contribution is 5.67. The van der Waals surface area contributed by atoms with Gasteiger partial charge < -0.3 is 0 Å². The van der Waals surface area contributed by atoms with Gasteiger partial charge in [0.15, 0.2) is 0 Å². The molecule has 32 heavy (non-hydrogen) atoms. The van der Waals surface area contributed by atoms with Gasteiger partial charge in [-0.05, 0) is 73.3 Å². The second kappa shape index (κ2) is 14.0. The summed E-state index contributed by atoms with van der Waals surface area (Å²) in [4.78, 5) is 0. The topological polar surface area (TPSA) is 0 Å². The summed E-state index contributed by atoms with van der Waals surface area (Å²) in [6.45, 7) is 18.5. The first-order valence-electron chi connectivity index (χ1n) is 12.1. The van der Waals surface area contributed by atoms with Crippen LogP contribution >= 0.6 is 0 Å². The minimum absolute atomic E-state index is 0.0112. The standard InChI is InChI=1S/C25H32F2.C5H10/c1-6-14-25(8-3,15-7-2)21-16-18(4)12-13-20(21)17-19(5)24-22(26)10-9-11-23(24)27;1-3-5-4-2/h9-13,16H,5-8,14-15,17H2,1-4H3;3H,1,4-5H2,2H3. The average molecular weight is 441 g/mol. The van der Waals surface area contributed by atoms with E-state index < -0.39 is 11.6 Å². The zero-order chi connectivity index (χ0) is 24.1. The highest BCUT2D eigenvalue weighted by atomic mass is 19.1. The molecule has 0 aliphatic carbocycles. The Hall–Kier alpha value is -2.22. The molecular formula is C30H42F2. The molecule has 0 atom stereocenters. The summed E-state index contributed by atoms with van der Waals surface area (Å²) in [7, 11) is 0. The lowest BCUT2D eigenvalue weighted by Crippen LogP contribution is -2.27. The lowest BCUT2D eigenvalue weighted by Gasteiger charge is -2.36. The van der Waals surface area contributed by atoms with Crippen LogP contribution in [0.2, 0.25) is 0 Å². The lowest BCUT2D eigenvalue weighted by atomic mass is 9.69. The Morgan fingerprint density at radius 2 is 1.53 bits per heavy atom. The smallest absolute Gasteiger partial charge is 0.133 e. The minimum atomic E-state index is -0.544. The largest absolute Gasteiger partial charge is 0.206 e. The first-order chi connectivity index (χ1) is 15.3. The number of hydrogen-bond donors (Lipinski definition) is 0. The van der Waals surface area contributed by atoms with Crippen molar-refractivity contribution in [1.29, 1.82) is 0 Å². The fourth-order valence-electron chi connectivity index (χ4n) is 4.59. The number of unbranched alkanes of at least 4 members (excludes halogenated alkanes) is 1. The Kier molecular flexibility index (Phi) is 12.2. The summed E-state index contributed by atoms with van der Waals surface area (Å²) in [5.74, 6) is -1.09. The molecule has 0 radical (unpaired) electrons. The maximum Gasteiger partial charge on any atom is 0.133 e. The summed E-state index contributed by atoms with van der Waals surface area (Å²) in [5, 5.41) is 0. The van der Waals surface area contributed by atoms with Crippen molar-refractivity contribution >= 4 is 5.57 Å². The van der Waals surface area contributed by atoms with E-state index in [4.69, 9.17) is 0 Å². The van der Waals surface area contributed by atoms with Crippen LogP contribution in [0, 0.1) is 18.6 Å². The van der Waals surface area contributed by atoms with Gasteiger partial charge in [-0.1, -0.05) is 89.4 Å². The molecule has 0 saturated heterocycles. The SMILES string of the molecule is C=C(Cc1ccc(C)cc1C(CC)(CCC)CCC)c1c(F)cccc1F.C=CCCC.